The van der Waals surface area contributed by atoms with Gasteiger partial charge in [-0.1, -0.05) is 59.7 Å². The third-order valence-corrected chi connectivity index (χ3v) is 7.41. The molecule has 4 rings (SSSR count). The second-order valence-corrected chi connectivity index (χ2v) is 9.73. The molecule has 0 saturated carbocycles. The number of methoxy groups -OCH3 is 2. The molecule has 0 aliphatic carbocycles. The zero-order chi connectivity index (χ0) is 24.8. The van der Waals surface area contributed by atoms with Gasteiger partial charge in [-0.25, -0.2) is 0 Å². The number of likely N-dealkylation sites (tertiary alicyclic amines) is 2. The first-order valence-corrected chi connectivity index (χ1v) is 11.4. The van der Waals surface area contributed by atoms with Crippen LogP contribution >= 0.6 is 0 Å². The molecule has 180 valence electrons. The van der Waals surface area contributed by atoms with E-state index < -0.39 is 40.6 Å². The Hall–Kier alpha value is -3.03. The summed E-state index contributed by atoms with van der Waals surface area (Å²) < 4.78 is 10.5. The molecule has 0 N–H and O–H groups in total. The number of fused-ring (bicyclic) bond motifs is 2. The van der Waals surface area contributed by atoms with E-state index in [1.54, 1.807) is 0 Å². The molecule has 0 aromatic heterocycles. The van der Waals surface area contributed by atoms with Crippen LogP contribution in [0.3, 0.4) is 0 Å². The minimum Gasteiger partial charge on any atom is -0.468 e. The van der Waals surface area contributed by atoms with Crippen molar-refractivity contribution in [3.8, 4) is 0 Å². The summed E-state index contributed by atoms with van der Waals surface area (Å²) in [7, 11) is 6.29. The minimum atomic E-state index is -1.60. The van der Waals surface area contributed by atoms with Gasteiger partial charge in [-0.2, -0.15) is 0 Å². The van der Waals surface area contributed by atoms with Crippen LogP contribution in [-0.2, 0) is 23.9 Å². The van der Waals surface area contributed by atoms with Crippen molar-refractivity contribution in [3.05, 3.63) is 70.8 Å². The summed E-state index contributed by atoms with van der Waals surface area (Å²) in [6, 6.07) is 14.4. The fourth-order valence-electron chi connectivity index (χ4n) is 6.34. The molecule has 2 fully saturated rings. The van der Waals surface area contributed by atoms with Gasteiger partial charge in [0.2, 0.25) is 0 Å². The molecule has 2 aliphatic rings. The van der Waals surface area contributed by atoms with Gasteiger partial charge in [0.15, 0.2) is 16.6 Å². The van der Waals surface area contributed by atoms with Gasteiger partial charge in [-0.15, -0.1) is 0 Å². The number of ether oxygens (including phenoxy) is 2. The van der Waals surface area contributed by atoms with Crippen LogP contribution in [0.1, 0.15) is 34.3 Å². The Bertz CT molecular complexity index is 1060. The maximum atomic E-state index is 14.6. The van der Waals surface area contributed by atoms with Crippen molar-refractivity contribution in [1.29, 1.82) is 0 Å². The predicted octanol–water partition coefficient (Wildman–Crippen LogP) is 2.86. The molecule has 2 saturated heterocycles. The van der Waals surface area contributed by atoms with Crippen LogP contribution in [-0.4, -0.2) is 68.9 Å². The Morgan fingerprint density at radius 3 is 1.59 bits per heavy atom. The molecule has 7 nitrogen and oxygen atoms in total. The highest BCUT2D eigenvalue weighted by Crippen LogP contribution is 2.60. The Labute approximate surface area is 200 Å². The molecule has 2 aromatic carbocycles. The van der Waals surface area contributed by atoms with Gasteiger partial charge < -0.3 is 14.4 Å². The first-order valence-electron chi connectivity index (χ1n) is 11.4. The number of piperidine rings is 2. The first-order chi connectivity index (χ1) is 16.1. The molecule has 2 bridgehead atoms. The van der Waals surface area contributed by atoms with Crippen LogP contribution in [0.5, 0.6) is 0 Å². The van der Waals surface area contributed by atoms with E-state index in [2.05, 4.69) is 0 Å². The number of hydrogen-bond acceptors (Lipinski definition) is 7. The molecule has 0 amide bonds. The van der Waals surface area contributed by atoms with E-state index in [0.29, 0.717) is 0 Å². The molecule has 0 spiro atoms. The van der Waals surface area contributed by atoms with E-state index >= 15 is 0 Å². The summed E-state index contributed by atoms with van der Waals surface area (Å²) in [5.41, 5.74) is 0.483. The van der Waals surface area contributed by atoms with Crippen LogP contribution in [0.25, 0.3) is 0 Å². The molecule has 2 aromatic rings. The molecule has 4 atom stereocenters. The van der Waals surface area contributed by atoms with Crippen molar-refractivity contribution in [1.82, 2.24) is 9.80 Å². The van der Waals surface area contributed by atoms with Gasteiger partial charge in [0.1, 0.15) is 0 Å². The summed E-state index contributed by atoms with van der Waals surface area (Å²) >= 11 is 0. The Kier molecular flexibility index (Phi) is 6.12. The zero-order valence-corrected chi connectivity index (χ0v) is 20.6. The van der Waals surface area contributed by atoms with Crippen molar-refractivity contribution >= 4 is 17.7 Å². The fraction of sp³-hybridized carbons (Fsp3) is 0.444. The molecule has 0 radical (unpaired) electrons. The standard InChI is InChI=1S/C27H32N2O5/c1-17-9-7-11-19(13-17)21-26(24(31)33-5)15-28(3)16-27(23(26)30,25(32)34-6)22(29(21)4)20-12-8-10-18(2)14-20/h7-14,21-22H,15-16H2,1-6H3. The third kappa shape index (κ3) is 3.29. The lowest BCUT2D eigenvalue weighted by atomic mass is 9.54. The number of rotatable bonds is 4. The molecule has 7 heteroatoms. The molecular weight excluding hydrogens is 432 g/mol. The molecule has 4 unspecified atom stereocenters. The number of ketones is 1. The lowest BCUT2D eigenvalue weighted by molar-refractivity contribution is -0.202. The molecule has 2 aliphatic heterocycles. The quantitative estimate of drug-likeness (QED) is 0.509. The molecule has 34 heavy (non-hydrogen) atoms. The molecular formula is C27H32N2O5. The van der Waals surface area contributed by atoms with E-state index in [9.17, 15) is 14.4 Å². The topological polar surface area (TPSA) is 76.1 Å². The maximum Gasteiger partial charge on any atom is 0.322 e. The third-order valence-electron chi connectivity index (χ3n) is 7.41. The van der Waals surface area contributed by atoms with Gasteiger partial charge in [0.05, 0.1) is 26.3 Å². The maximum absolute atomic E-state index is 14.6. The number of nitrogens with zero attached hydrogens (tertiary/aromatic N) is 2. The van der Waals surface area contributed by atoms with Crippen LogP contribution in [0.4, 0.5) is 0 Å². The van der Waals surface area contributed by atoms with E-state index in [1.165, 1.54) is 14.2 Å². The van der Waals surface area contributed by atoms with E-state index in [0.717, 1.165) is 22.3 Å². The highest BCUT2D eigenvalue weighted by atomic mass is 16.5. The first kappa shape index (κ1) is 24.1. The summed E-state index contributed by atoms with van der Waals surface area (Å²) in [5.74, 6) is -1.72. The van der Waals surface area contributed by atoms with Crippen LogP contribution < -0.4 is 0 Å². The van der Waals surface area contributed by atoms with E-state index in [4.69, 9.17) is 9.47 Å². The number of carbonyl (C=O) groups is 3. The number of carbonyl (C=O) groups excluding carboxylic acids is 3. The van der Waals surface area contributed by atoms with Crippen LogP contribution in [0.2, 0.25) is 0 Å². The number of esters is 2. The second kappa shape index (κ2) is 8.64. The van der Waals surface area contributed by atoms with Gasteiger partial charge in [0.25, 0.3) is 0 Å². The highest BCUT2D eigenvalue weighted by molar-refractivity contribution is 6.17. The van der Waals surface area contributed by atoms with Crippen molar-refractivity contribution < 1.29 is 23.9 Å². The Balaban J connectivity index is 2.09. The van der Waals surface area contributed by atoms with Crippen LogP contribution in [0.15, 0.2) is 48.5 Å². The van der Waals surface area contributed by atoms with Gasteiger partial charge in [-0.3, -0.25) is 19.3 Å². The minimum absolute atomic E-state index is 0.140. The Morgan fingerprint density at radius 2 is 1.24 bits per heavy atom. The van der Waals surface area contributed by atoms with Gasteiger partial charge >= 0.3 is 11.9 Å². The van der Waals surface area contributed by atoms with Crippen molar-refractivity contribution in [2.45, 2.75) is 25.9 Å². The Morgan fingerprint density at radius 1 is 0.824 bits per heavy atom. The van der Waals surface area contributed by atoms with Crippen molar-refractivity contribution in [3.63, 3.8) is 0 Å². The monoisotopic (exact) mass is 464 g/mol. The summed E-state index contributed by atoms with van der Waals surface area (Å²) in [6.45, 7) is 4.23. The average Bonchev–Trinajstić information content (AvgIpc) is 2.80. The lowest BCUT2D eigenvalue weighted by Crippen LogP contribution is -2.75. The summed E-state index contributed by atoms with van der Waals surface area (Å²) in [4.78, 5) is 45.7. The summed E-state index contributed by atoms with van der Waals surface area (Å²) in [6.07, 6.45) is 0. The largest absolute Gasteiger partial charge is 0.468 e. The zero-order valence-electron chi connectivity index (χ0n) is 20.6. The average molecular weight is 465 g/mol. The normalized spacial score (nSPS) is 29.5. The lowest BCUT2D eigenvalue weighted by Gasteiger charge is -2.60. The number of aryl methyl sites for hydroxylation is 2. The number of Topliss-reactive ketones (excluding diaryl/α,β-unsaturated/α-hetero) is 1. The van der Waals surface area contributed by atoms with Crippen molar-refractivity contribution in [2.24, 2.45) is 10.8 Å². The predicted molar refractivity (Wildman–Crippen MR) is 127 cm³/mol. The number of hydrogen-bond donors (Lipinski definition) is 0. The smallest absolute Gasteiger partial charge is 0.322 e. The van der Waals surface area contributed by atoms with E-state index in [1.807, 2.05) is 86.3 Å². The van der Waals surface area contributed by atoms with Gasteiger partial charge in [0, 0.05) is 13.1 Å². The summed E-state index contributed by atoms with van der Waals surface area (Å²) in [5, 5.41) is 0. The van der Waals surface area contributed by atoms with E-state index in [-0.39, 0.29) is 13.1 Å². The van der Waals surface area contributed by atoms with Crippen molar-refractivity contribution in [2.75, 3.05) is 41.4 Å². The SMILES string of the molecule is COC(=O)C12CN(C)CC(C(=O)OC)(C1=O)C(c1cccc(C)c1)N(C)C2c1cccc(C)c1. The highest BCUT2D eigenvalue weighted by Gasteiger charge is 2.74. The number of benzene rings is 2. The molecule has 2 heterocycles. The second-order valence-electron chi connectivity index (χ2n) is 9.73. The van der Waals surface area contributed by atoms with Crippen LogP contribution in [0, 0.1) is 24.7 Å². The van der Waals surface area contributed by atoms with Gasteiger partial charge in [-0.05, 0) is 39.1 Å². The fourth-order valence-corrected chi connectivity index (χ4v) is 6.34.